The van der Waals surface area contributed by atoms with E-state index in [1.54, 1.807) is 24.3 Å². The van der Waals surface area contributed by atoms with Crippen LogP contribution in [-0.2, 0) is 13.0 Å². The molecule has 0 aromatic heterocycles. The van der Waals surface area contributed by atoms with Crippen molar-refractivity contribution in [3.63, 3.8) is 0 Å². The summed E-state index contributed by atoms with van der Waals surface area (Å²) in [5.41, 5.74) is 2.82. The molecule has 0 atom stereocenters. The number of alkyl halides is 2. The van der Waals surface area contributed by atoms with E-state index in [0.29, 0.717) is 6.54 Å². The van der Waals surface area contributed by atoms with Gasteiger partial charge in [-0.2, -0.15) is 8.78 Å². The Morgan fingerprint density at radius 1 is 1.24 bits per heavy atom. The molecule has 0 N–H and O–H groups in total. The van der Waals surface area contributed by atoms with Gasteiger partial charge in [0.1, 0.15) is 0 Å². The van der Waals surface area contributed by atoms with Crippen molar-refractivity contribution < 1.29 is 23.2 Å². The molecular weight excluding hydrogens is 334 g/mol. The summed E-state index contributed by atoms with van der Waals surface area (Å²) in [5.74, 6) is 0.222. The summed E-state index contributed by atoms with van der Waals surface area (Å²) in [5, 5.41) is 10.9. The molecule has 3 rings (SSSR count). The molecule has 0 fully saturated rings. The lowest BCUT2D eigenvalue weighted by molar-refractivity contribution is -0.384. The summed E-state index contributed by atoms with van der Waals surface area (Å²) in [4.78, 5) is 12.5. The number of anilines is 1. The average molecular weight is 350 g/mol. The van der Waals surface area contributed by atoms with Gasteiger partial charge in [-0.3, -0.25) is 10.1 Å². The van der Waals surface area contributed by atoms with E-state index < -0.39 is 11.5 Å². The second kappa shape index (κ2) is 6.92. The molecule has 0 bridgehead atoms. The highest BCUT2D eigenvalue weighted by Crippen LogP contribution is 2.34. The number of methoxy groups -OCH3 is 1. The van der Waals surface area contributed by atoms with E-state index in [4.69, 9.17) is 4.74 Å². The minimum Gasteiger partial charge on any atom is -0.493 e. The minimum atomic E-state index is -2.92. The third kappa shape index (κ3) is 3.62. The van der Waals surface area contributed by atoms with Crippen LogP contribution in [0.25, 0.3) is 0 Å². The van der Waals surface area contributed by atoms with Crippen LogP contribution in [0.2, 0.25) is 0 Å². The molecule has 25 heavy (non-hydrogen) atoms. The molecule has 2 aromatic rings. The molecule has 1 heterocycles. The van der Waals surface area contributed by atoms with Gasteiger partial charge in [0.25, 0.3) is 5.69 Å². The average Bonchev–Trinajstić information content (AvgIpc) is 2.98. The zero-order valence-electron chi connectivity index (χ0n) is 13.4. The Bertz CT molecular complexity index is 798. The zero-order valence-corrected chi connectivity index (χ0v) is 13.4. The molecule has 0 spiro atoms. The largest absolute Gasteiger partial charge is 0.493 e. The molecule has 8 heteroatoms. The Labute approximate surface area is 142 Å². The van der Waals surface area contributed by atoms with Crippen molar-refractivity contribution in [1.82, 2.24) is 0 Å². The van der Waals surface area contributed by atoms with Gasteiger partial charge in [0, 0.05) is 30.9 Å². The lowest BCUT2D eigenvalue weighted by Gasteiger charge is -2.20. The van der Waals surface area contributed by atoms with Crippen LogP contribution in [0.5, 0.6) is 11.5 Å². The van der Waals surface area contributed by atoms with E-state index in [-0.39, 0.29) is 17.2 Å². The molecular formula is C17H16F2N2O4. The predicted molar refractivity (Wildman–Crippen MR) is 87.5 cm³/mol. The Morgan fingerprint density at radius 2 is 2.04 bits per heavy atom. The SMILES string of the molecule is COc1cc(CN2CCc3cc([N+](=O)[O-])ccc32)ccc1OC(F)F. The van der Waals surface area contributed by atoms with Gasteiger partial charge >= 0.3 is 6.61 Å². The summed E-state index contributed by atoms with van der Waals surface area (Å²) < 4.78 is 34.3. The quantitative estimate of drug-likeness (QED) is 0.586. The number of ether oxygens (including phenoxy) is 2. The van der Waals surface area contributed by atoms with Crippen molar-refractivity contribution in [3.05, 3.63) is 57.6 Å². The third-order valence-electron chi connectivity index (χ3n) is 4.08. The second-order valence-electron chi connectivity index (χ2n) is 5.61. The Balaban J connectivity index is 1.79. The third-order valence-corrected chi connectivity index (χ3v) is 4.08. The van der Waals surface area contributed by atoms with Gasteiger partial charge in [-0.05, 0) is 35.7 Å². The standard InChI is InChI=1S/C17H16F2N2O4/c1-24-16-8-11(2-5-15(16)25-17(18)19)10-20-7-6-12-9-13(21(22)23)3-4-14(12)20/h2-5,8-9,17H,6-7,10H2,1H3. The van der Waals surface area contributed by atoms with Crippen molar-refractivity contribution in [2.75, 3.05) is 18.6 Å². The molecule has 1 aliphatic heterocycles. The number of hydrogen-bond donors (Lipinski definition) is 0. The van der Waals surface area contributed by atoms with Crippen molar-refractivity contribution in [2.24, 2.45) is 0 Å². The molecule has 0 unspecified atom stereocenters. The van der Waals surface area contributed by atoms with Crippen molar-refractivity contribution in [2.45, 2.75) is 19.6 Å². The fraction of sp³-hybridized carbons (Fsp3) is 0.294. The number of rotatable bonds is 6. The van der Waals surface area contributed by atoms with Crippen LogP contribution in [0.4, 0.5) is 20.2 Å². The van der Waals surface area contributed by atoms with Gasteiger partial charge < -0.3 is 14.4 Å². The lowest BCUT2D eigenvalue weighted by atomic mass is 10.1. The van der Waals surface area contributed by atoms with Gasteiger partial charge in [0.2, 0.25) is 0 Å². The van der Waals surface area contributed by atoms with Crippen LogP contribution in [-0.4, -0.2) is 25.2 Å². The molecule has 0 aliphatic carbocycles. The van der Waals surface area contributed by atoms with E-state index in [2.05, 4.69) is 9.64 Å². The number of hydrogen-bond acceptors (Lipinski definition) is 5. The van der Waals surface area contributed by atoms with Gasteiger partial charge in [0.05, 0.1) is 12.0 Å². The van der Waals surface area contributed by atoms with Gasteiger partial charge in [-0.15, -0.1) is 0 Å². The summed E-state index contributed by atoms with van der Waals surface area (Å²) in [6.07, 6.45) is 0.723. The van der Waals surface area contributed by atoms with E-state index in [0.717, 1.165) is 29.8 Å². The summed E-state index contributed by atoms with van der Waals surface area (Å²) in [6.45, 7) is -1.65. The van der Waals surface area contributed by atoms with E-state index >= 15 is 0 Å². The van der Waals surface area contributed by atoms with E-state index in [9.17, 15) is 18.9 Å². The molecule has 6 nitrogen and oxygen atoms in total. The van der Waals surface area contributed by atoms with Crippen LogP contribution in [0.1, 0.15) is 11.1 Å². The number of nitrogens with zero attached hydrogens (tertiary/aromatic N) is 2. The second-order valence-corrected chi connectivity index (χ2v) is 5.61. The predicted octanol–water partition coefficient (Wildman–Crippen LogP) is 3.77. The lowest BCUT2D eigenvalue weighted by Crippen LogP contribution is -2.19. The Hall–Kier alpha value is -2.90. The highest BCUT2D eigenvalue weighted by Gasteiger charge is 2.22. The first-order valence-corrected chi connectivity index (χ1v) is 7.62. The number of benzene rings is 2. The minimum absolute atomic E-state index is 0.0151. The van der Waals surface area contributed by atoms with Gasteiger partial charge in [0.15, 0.2) is 11.5 Å². The van der Waals surface area contributed by atoms with Crippen LogP contribution in [0, 0.1) is 10.1 Å². The molecule has 1 aliphatic rings. The smallest absolute Gasteiger partial charge is 0.387 e. The van der Waals surface area contributed by atoms with Crippen molar-refractivity contribution >= 4 is 11.4 Å². The highest BCUT2D eigenvalue weighted by molar-refractivity contribution is 5.62. The summed E-state index contributed by atoms with van der Waals surface area (Å²) in [7, 11) is 1.39. The number of fused-ring (bicyclic) bond motifs is 1. The first-order chi connectivity index (χ1) is 12.0. The molecule has 0 saturated heterocycles. The summed E-state index contributed by atoms with van der Waals surface area (Å²) >= 11 is 0. The maximum atomic E-state index is 12.4. The monoisotopic (exact) mass is 350 g/mol. The first kappa shape index (κ1) is 16.9. The fourth-order valence-electron chi connectivity index (χ4n) is 2.96. The fourth-order valence-corrected chi connectivity index (χ4v) is 2.96. The molecule has 0 radical (unpaired) electrons. The number of halogens is 2. The zero-order chi connectivity index (χ0) is 18.0. The molecule has 0 amide bonds. The maximum absolute atomic E-state index is 12.4. The Morgan fingerprint density at radius 3 is 2.72 bits per heavy atom. The van der Waals surface area contributed by atoms with E-state index in [1.807, 2.05) is 0 Å². The normalized spacial score (nSPS) is 13.0. The van der Waals surface area contributed by atoms with Crippen molar-refractivity contribution in [3.8, 4) is 11.5 Å². The Kier molecular flexibility index (Phi) is 4.69. The highest BCUT2D eigenvalue weighted by atomic mass is 19.3. The number of nitro benzene ring substituents is 1. The van der Waals surface area contributed by atoms with Gasteiger partial charge in [-0.1, -0.05) is 6.07 Å². The molecule has 0 saturated carbocycles. The number of nitro groups is 1. The van der Waals surface area contributed by atoms with Crippen LogP contribution in [0.3, 0.4) is 0 Å². The molecule has 132 valence electrons. The first-order valence-electron chi connectivity index (χ1n) is 7.62. The van der Waals surface area contributed by atoms with Crippen LogP contribution >= 0.6 is 0 Å². The number of non-ortho nitro benzene ring substituents is 1. The van der Waals surface area contributed by atoms with Crippen molar-refractivity contribution in [1.29, 1.82) is 0 Å². The molecule has 2 aromatic carbocycles. The van der Waals surface area contributed by atoms with Crippen LogP contribution < -0.4 is 14.4 Å². The van der Waals surface area contributed by atoms with E-state index in [1.165, 1.54) is 19.2 Å². The topological polar surface area (TPSA) is 64.8 Å². The van der Waals surface area contributed by atoms with Gasteiger partial charge in [-0.25, -0.2) is 0 Å². The summed E-state index contributed by atoms with van der Waals surface area (Å²) in [6, 6.07) is 9.62. The van der Waals surface area contributed by atoms with Crippen LogP contribution in [0.15, 0.2) is 36.4 Å². The maximum Gasteiger partial charge on any atom is 0.387 e.